The predicted octanol–water partition coefficient (Wildman–Crippen LogP) is 3.05. The molecule has 1 aliphatic rings. The predicted molar refractivity (Wildman–Crippen MR) is 69.6 cm³/mol. The lowest BCUT2D eigenvalue weighted by Gasteiger charge is -2.38. The molecular weight excluding hydrogens is 198 g/mol. The lowest BCUT2D eigenvalue weighted by Crippen LogP contribution is -2.45. The van der Waals surface area contributed by atoms with E-state index in [0.717, 1.165) is 25.3 Å². The van der Waals surface area contributed by atoms with Gasteiger partial charge in [0.2, 0.25) is 0 Å². The molecule has 2 heteroatoms. The van der Waals surface area contributed by atoms with Gasteiger partial charge in [-0.25, -0.2) is 0 Å². The highest BCUT2D eigenvalue weighted by Gasteiger charge is 2.28. The molecule has 0 saturated heterocycles. The molecule has 0 aromatic carbocycles. The number of hydrogen-bond acceptors (Lipinski definition) is 2. The molecule has 0 spiro atoms. The standard InChI is InChI=1S/C14H29NO/c1-5-14(16,6-2)11-15(4)13-9-7-12(3)8-10-13/h12-13,16H,5-11H2,1-4H3. The first kappa shape index (κ1) is 14.0. The minimum absolute atomic E-state index is 0.474. The fourth-order valence-electron chi connectivity index (χ4n) is 2.75. The molecule has 16 heavy (non-hydrogen) atoms. The molecule has 0 radical (unpaired) electrons. The quantitative estimate of drug-likeness (QED) is 0.780. The minimum Gasteiger partial charge on any atom is -0.389 e. The third-order valence-corrected chi connectivity index (χ3v) is 4.47. The van der Waals surface area contributed by atoms with Crippen molar-refractivity contribution >= 4 is 0 Å². The Labute approximate surface area is 101 Å². The summed E-state index contributed by atoms with van der Waals surface area (Å²) in [6, 6.07) is 0.695. The first-order chi connectivity index (χ1) is 7.50. The molecule has 0 aromatic rings. The van der Waals surface area contributed by atoms with E-state index in [4.69, 9.17) is 0 Å². The molecule has 0 bridgehead atoms. The number of likely N-dealkylation sites (N-methyl/N-ethyl adjacent to an activating group) is 1. The molecule has 1 saturated carbocycles. The Kier molecular flexibility index (Phi) is 5.26. The zero-order chi connectivity index (χ0) is 12.2. The van der Waals surface area contributed by atoms with Crippen LogP contribution in [0.1, 0.15) is 59.3 Å². The molecule has 0 aromatic heterocycles. The lowest BCUT2D eigenvalue weighted by atomic mass is 9.86. The third-order valence-electron chi connectivity index (χ3n) is 4.47. The van der Waals surface area contributed by atoms with Crippen LogP contribution in [0.25, 0.3) is 0 Å². The van der Waals surface area contributed by atoms with Gasteiger partial charge in [-0.2, -0.15) is 0 Å². The van der Waals surface area contributed by atoms with Gasteiger partial charge in [0.25, 0.3) is 0 Å². The zero-order valence-corrected chi connectivity index (χ0v) is 11.5. The smallest absolute Gasteiger partial charge is 0.0768 e. The number of nitrogens with zero attached hydrogens (tertiary/aromatic N) is 1. The maximum atomic E-state index is 10.3. The molecule has 96 valence electrons. The van der Waals surface area contributed by atoms with Gasteiger partial charge in [0.15, 0.2) is 0 Å². The van der Waals surface area contributed by atoms with Crippen LogP contribution in [0.5, 0.6) is 0 Å². The van der Waals surface area contributed by atoms with Crippen molar-refractivity contribution < 1.29 is 5.11 Å². The van der Waals surface area contributed by atoms with Crippen LogP contribution in [0.4, 0.5) is 0 Å². The summed E-state index contributed by atoms with van der Waals surface area (Å²) in [7, 11) is 2.18. The van der Waals surface area contributed by atoms with Gasteiger partial charge in [-0.3, -0.25) is 0 Å². The van der Waals surface area contributed by atoms with Crippen LogP contribution in [0.2, 0.25) is 0 Å². The van der Waals surface area contributed by atoms with Gasteiger partial charge < -0.3 is 10.0 Å². The maximum Gasteiger partial charge on any atom is 0.0768 e. The van der Waals surface area contributed by atoms with E-state index < -0.39 is 5.60 Å². The summed E-state index contributed by atoms with van der Waals surface area (Å²) in [6.45, 7) is 7.35. The van der Waals surface area contributed by atoms with Crippen molar-refractivity contribution in [3.8, 4) is 0 Å². The fraction of sp³-hybridized carbons (Fsp3) is 1.00. The molecule has 0 atom stereocenters. The van der Waals surface area contributed by atoms with E-state index in [9.17, 15) is 5.11 Å². The van der Waals surface area contributed by atoms with Crippen molar-refractivity contribution in [3.63, 3.8) is 0 Å². The minimum atomic E-state index is -0.474. The van der Waals surface area contributed by atoms with Gasteiger partial charge >= 0.3 is 0 Å². The van der Waals surface area contributed by atoms with E-state index in [0.29, 0.717) is 6.04 Å². The highest BCUT2D eigenvalue weighted by molar-refractivity contribution is 4.83. The van der Waals surface area contributed by atoms with Crippen molar-refractivity contribution in [3.05, 3.63) is 0 Å². The highest BCUT2D eigenvalue weighted by atomic mass is 16.3. The second-order valence-electron chi connectivity index (χ2n) is 5.76. The Morgan fingerprint density at radius 2 is 1.62 bits per heavy atom. The van der Waals surface area contributed by atoms with E-state index in [1.165, 1.54) is 25.7 Å². The molecule has 0 aliphatic heterocycles. The van der Waals surface area contributed by atoms with Gasteiger partial charge in [0.1, 0.15) is 0 Å². The van der Waals surface area contributed by atoms with Gasteiger partial charge in [-0.05, 0) is 51.5 Å². The Morgan fingerprint density at radius 3 is 2.06 bits per heavy atom. The summed E-state index contributed by atoms with van der Waals surface area (Å²) in [4.78, 5) is 2.39. The maximum absolute atomic E-state index is 10.3. The van der Waals surface area contributed by atoms with Gasteiger partial charge in [-0.15, -0.1) is 0 Å². The first-order valence-electron chi connectivity index (χ1n) is 6.93. The monoisotopic (exact) mass is 227 g/mol. The summed E-state index contributed by atoms with van der Waals surface area (Å²) >= 11 is 0. The van der Waals surface area contributed by atoms with E-state index >= 15 is 0 Å². The Bertz CT molecular complexity index is 193. The summed E-state index contributed by atoms with van der Waals surface area (Å²) in [6.07, 6.45) is 7.04. The third kappa shape index (κ3) is 3.74. The average Bonchev–Trinajstić information content (AvgIpc) is 2.29. The van der Waals surface area contributed by atoms with Crippen molar-refractivity contribution in [1.29, 1.82) is 0 Å². The summed E-state index contributed by atoms with van der Waals surface area (Å²) in [5.74, 6) is 0.904. The van der Waals surface area contributed by atoms with Crippen molar-refractivity contribution in [2.45, 2.75) is 70.9 Å². The van der Waals surface area contributed by atoms with Crippen LogP contribution in [0.15, 0.2) is 0 Å². The first-order valence-corrected chi connectivity index (χ1v) is 6.93. The Hall–Kier alpha value is -0.0800. The number of hydrogen-bond donors (Lipinski definition) is 1. The van der Waals surface area contributed by atoms with Crippen LogP contribution in [0, 0.1) is 5.92 Å². The summed E-state index contributed by atoms with van der Waals surface area (Å²) in [5.41, 5.74) is -0.474. The molecule has 0 amide bonds. The van der Waals surface area contributed by atoms with Crippen molar-refractivity contribution in [1.82, 2.24) is 4.90 Å². The molecule has 1 N–H and O–H groups in total. The molecule has 1 fully saturated rings. The molecule has 2 nitrogen and oxygen atoms in total. The second kappa shape index (κ2) is 6.02. The van der Waals surface area contributed by atoms with Crippen molar-refractivity contribution in [2.24, 2.45) is 5.92 Å². The van der Waals surface area contributed by atoms with E-state index in [-0.39, 0.29) is 0 Å². The number of aliphatic hydroxyl groups is 1. The zero-order valence-electron chi connectivity index (χ0n) is 11.5. The molecule has 1 aliphatic carbocycles. The van der Waals surface area contributed by atoms with Gasteiger partial charge in [0.05, 0.1) is 5.60 Å². The highest BCUT2D eigenvalue weighted by Crippen LogP contribution is 2.28. The largest absolute Gasteiger partial charge is 0.389 e. The molecule has 0 heterocycles. The van der Waals surface area contributed by atoms with Crippen LogP contribution in [0.3, 0.4) is 0 Å². The van der Waals surface area contributed by atoms with E-state index in [2.05, 4.69) is 32.7 Å². The van der Waals surface area contributed by atoms with Gasteiger partial charge in [-0.1, -0.05) is 20.8 Å². The second-order valence-corrected chi connectivity index (χ2v) is 5.76. The van der Waals surface area contributed by atoms with Crippen LogP contribution < -0.4 is 0 Å². The lowest BCUT2D eigenvalue weighted by molar-refractivity contribution is -0.0124. The summed E-state index contributed by atoms with van der Waals surface area (Å²) in [5, 5.41) is 10.3. The van der Waals surface area contributed by atoms with Crippen LogP contribution >= 0.6 is 0 Å². The van der Waals surface area contributed by atoms with Crippen LogP contribution in [-0.2, 0) is 0 Å². The van der Waals surface area contributed by atoms with Crippen molar-refractivity contribution in [2.75, 3.05) is 13.6 Å². The Morgan fingerprint density at radius 1 is 1.12 bits per heavy atom. The fourth-order valence-corrected chi connectivity index (χ4v) is 2.75. The topological polar surface area (TPSA) is 23.5 Å². The molecular formula is C14H29NO. The molecule has 0 unspecified atom stereocenters. The van der Waals surface area contributed by atoms with Crippen LogP contribution in [-0.4, -0.2) is 35.2 Å². The van der Waals surface area contributed by atoms with E-state index in [1.54, 1.807) is 0 Å². The normalized spacial score (nSPS) is 27.4. The molecule has 1 rings (SSSR count). The van der Waals surface area contributed by atoms with Gasteiger partial charge in [0, 0.05) is 12.6 Å². The SMILES string of the molecule is CCC(O)(CC)CN(C)C1CCC(C)CC1. The average molecular weight is 227 g/mol. The Balaban J connectivity index is 2.42. The van der Waals surface area contributed by atoms with E-state index in [1.807, 2.05) is 0 Å². The summed E-state index contributed by atoms with van der Waals surface area (Å²) < 4.78 is 0. The number of rotatable bonds is 5.